The smallest absolute Gasteiger partial charge is 0.287 e. The molecule has 0 aliphatic carbocycles. The molecule has 1 N–H and O–H groups in total. The van der Waals surface area contributed by atoms with Gasteiger partial charge >= 0.3 is 0 Å². The minimum atomic E-state index is -0.502. The fraction of sp³-hybridized carbons (Fsp3) is 0.455. The van der Waals surface area contributed by atoms with E-state index in [0.717, 1.165) is 19.5 Å². The van der Waals surface area contributed by atoms with Crippen molar-refractivity contribution < 1.29 is 14.0 Å². The number of furan rings is 1. The topological polar surface area (TPSA) is 62.6 Å². The van der Waals surface area contributed by atoms with Crippen molar-refractivity contribution in [1.29, 1.82) is 0 Å². The van der Waals surface area contributed by atoms with E-state index in [1.807, 2.05) is 0 Å². The van der Waals surface area contributed by atoms with E-state index in [1.165, 1.54) is 6.26 Å². The van der Waals surface area contributed by atoms with E-state index in [0.29, 0.717) is 0 Å². The lowest BCUT2D eigenvalue weighted by molar-refractivity contribution is -0.136. The zero-order valence-corrected chi connectivity index (χ0v) is 9.10. The molecule has 1 aliphatic heterocycles. The SMILES string of the molecule is CC(NC(=O)c1ccco1)C(=O)N1CCC1. The van der Waals surface area contributed by atoms with Crippen molar-refractivity contribution in [2.24, 2.45) is 0 Å². The molecule has 86 valence electrons. The summed E-state index contributed by atoms with van der Waals surface area (Å²) in [7, 11) is 0. The van der Waals surface area contributed by atoms with Crippen LogP contribution in [-0.2, 0) is 4.79 Å². The van der Waals surface area contributed by atoms with Gasteiger partial charge in [-0.15, -0.1) is 0 Å². The number of nitrogens with one attached hydrogen (secondary N) is 1. The van der Waals surface area contributed by atoms with Crippen LogP contribution in [0.1, 0.15) is 23.9 Å². The maximum absolute atomic E-state index is 11.7. The quantitative estimate of drug-likeness (QED) is 0.815. The summed E-state index contributed by atoms with van der Waals surface area (Å²) < 4.78 is 4.94. The van der Waals surface area contributed by atoms with Crippen molar-refractivity contribution in [2.45, 2.75) is 19.4 Å². The summed E-state index contributed by atoms with van der Waals surface area (Å²) in [4.78, 5) is 25.0. The zero-order chi connectivity index (χ0) is 11.5. The van der Waals surface area contributed by atoms with Gasteiger partial charge in [-0.05, 0) is 25.5 Å². The molecule has 0 aromatic carbocycles. The number of amides is 2. The second kappa shape index (κ2) is 4.38. The molecule has 1 saturated heterocycles. The Bertz CT molecular complexity index is 382. The van der Waals surface area contributed by atoms with Crippen LogP contribution in [0.3, 0.4) is 0 Å². The summed E-state index contributed by atoms with van der Waals surface area (Å²) in [6, 6.07) is 2.70. The third-order valence-corrected chi connectivity index (χ3v) is 2.63. The van der Waals surface area contributed by atoms with Crippen LogP contribution in [0.15, 0.2) is 22.8 Å². The molecule has 2 rings (SSSR count). The number of rotatable bonds is 3. The molecule has 0 bridgehead atoms. The van der Waals surface area contributed by atoms with Gasteiger partial charge in [0.1, 0.15) is 6.04 Å². The van der Waals surface area contributed by atoms with Crippen LogP contribution in [-0.4, -0.2) is 35.8 Å². The summed E-state index contributed by atoms with van der Waals surface area (Å²) >= 11 is 0. The van der Waals surface area contributed by atoms with Gasteiger partial charge in [0.15, 0.2) is 5.76 Å². The number of carbonyl (C=O) groups excluding carboxylic acids is 2. The second-order valence-corrected chi connectivity index (χ2v) is 3.85. The van der Waals surface area contributed by atoms with Crippen LogP contribution in [0.4, 0.5) is 0 Å². The van der Waals surface area contributed by atoms with E-state index >= 15 is 0 Å². The van der Waals surface area contributed by atoms with Crippen LogP contribution in [0, 0.1) is 0 Å². The maximum atomic E-state index is 11.7. The Hall–Kier alpha value is -1.78. The van der Waals surface area contributed by atoms with Crippen LogP contribution >= 0.6 is 0 Å². The minimum Gasteiger partial charge on any atom is -0.459 e. The average molecular weight is 222 g/mol. The summed E-state index contributed by atoms with van der Waals surface area (Å²) in [5.41, 5.74) is 0. The molecule has 1 fully saturated rings. The predicted octanol–water partition coefficient (Wildman–Crippen LogP) is 0.630. The Balaban J connectivity index is 1.89. The van der Waals surface area contributed by atoms with Crippen molar-refractivity contribution in [1.82, 2.24) is 10.2 Å². The molecule has 5 heteroatoms. The van der Waals surface area contributed by atoms with E-state index in [9.17, 15) is 9.59 Å². The largest absolute Gasteiger partial charge is 0.459 e. The van der Waals surface area contributed by atoms with Gasteiger partial charge in [0.05, 0.1) is 6.26 Å². The fourth-order valence-electron chi connectivity index (χ4n) is 1.55. The first-order chi connectivity index (χ1) is 7.68. The van der Waals surface area contributed by atoms with E-state index < -0.39 is 6.04 Å². The van der Waals surface area contributed by atoms with Gasteiger partial charge in [0, 0.05) is 13.1 Å². The first-order valence-corrected chi connectivity index (χ1v) is 5.31. The molecule has 1 aromatic heterocycles. The Morgan fingerprint density at radius 3 is 2.75 bits per heavy atom. The first-order valence-electron chi connectivity index (χ1n) is 5.31. The van der Waals surface area contributed by atoms with Gasteiger partial charge in [-0.2, -0.15) is 0 Å². The Kier molecular flexibility index (Phi) is 2.94. The van der Waals surface area contributed by atoms with Crippen molar-refractivity contribution in [3.8, 4) is 0 Å². The average Bonchev–Trinajstić information content (AvgIpc) is 2.67. The number of hydrogen-bond donors (Lipinski definition) is 1. The summed E-state index contributed by atoms with van der Waals surface area (Å²) in [6.07, 6.45) is 2.47. The Labute approximate surface area is 93.4 Å². The van der Waals surface area contributed by atoms with Gasteiger partial charge in [0.2, 0.25) is 5.91 Å². The van der Waals surface area contributed by atoms with Gasteiger partial charge in [0.25, 0.3) is 5.91 Å². The van der Waals surface area contributed by atoms with Crippen LogP contribution in [0.5, 0.6) is 0 Å². The molecule has 0 spiro atoms. The van der Waals surface area contributed by atoms with Crippen molar-refractivity contribution >= 4 is 11.8 Å². The van der Waals surface area contributed by atoms with E-state index in [1.54, 1.807) is 24.0 Å². The third kappa shape index (κ3) is 2.08. The lowest BCUT2D eigenvalue weighted by Crippen LogP contribution is -2.51. The molecular formula is C11H14N2O3. The zero-order valence-electron chi connectivity index (χ0n) is 9.10. The summed E-state index contributed by atoms with van der Waals surface area (Å²) in [5.74, 6) is -0.166. The molecular weight excluding hydrogens is 208 g/mol. The van der Waals surface area contributed by atoms with Crippen molar-refractivity contribution in [3.63, 3.8) is 0 Å². The highest BCUT2D eigenvalue weighted by Gasteiger charge is 2.26. The molecule has 5 nitrogen and oxygen atoms in total. The molecule has 0 saturated carbocycles. The Morgan fingerprint density at radius 1 is 1.50 bits per heavy atom. The molecule has 2 amide bonds. The number of hydrogen-bond acceptors (Lipinski definition) is 3. The lowest BCUT2D eigenvalue weighted by atomic mass is 10.1. The highest BCUT2D eigenvalue weighted by molar-refractivity contribution is 5.95. The van der Waals surface area contributed by atoms with E-state index in [4.69, 9.17) is 4.42 Å². The highest BCUT2D eigenvalue weighted by Crippen LogP contribution is 2.08. The molecule has 2 heterocycles. The first kappa shape index (κ1) is 10.7. The standard InChI is InChI=1S/C11H14N2O3/c1-8(11(15)13-5-3-6-13)12-10(14)9-4-2-7-16-9/h2,4,7-8H,3,5-6H2,1H3,(H,12,14). The van der Waals surface area contributed by atoms with Crippen molar-refractivity contribution in [2.75, 3.05) is 13.1 Å². The molecule has 1 atom stereocenters. The normalized spacial score (nSPS) is 16.4. The van der Waals surface area contributed by atoms with Crippen LogP contribution in [0.2, 0.25) is 0 Å². The van der Waals surface area contributed by atoms with Gasteiger partial charge < -0.3 is 14.6 Å². The molecule has 1 aliphatic rings. The summed E-state index contributed by atoms with van der Waals surface area (Å²) in [5, 5.41) is 2.61. The highest BCUT2D eigenvalue weighted by atomic mass is 16.3. The van der Waals surface area contributed by atoms with E-state index in [-0.39, 0.29) is 17.6 Å². The van der Waals surface area contributed by atoms with Gasteiger partial charge in [-0.3, -0.25) is 9.59 Å². The van der Waals surface area contributed by atoms with Crippen LogP contribution in [0.25, 0.3) is 0 Å². The fourth-order valence-corrected chi connectivity index (χ4v) is 1.55. The predicted molar refractivity (Wildman–Crippen MR) is 56.8 cm³/mol. The van der Waals surface area contributed by atoms with Gasteiger partial charge in [-0.25, -0.2) is 0 Å². The monoisotopic (exact) mass is 222 g/mol. The lowest BCUT2D eigenvalue weighted by Gasteiger charge is -2.33. The summed E-state index contributed by atoms with van der Waals surface area (Å²) in [6.45, 7) is 3.26. The second-order valence-electron chi connectivity index (χ2n) is 3.85. The number of nitrogens with zero attached hydrogens (tertiary/aromatic N) is 1. The molecule has 1 aromatic rings. The van der Waals surface area contributed by atoms with Crippen molar-refractivity contribution in [3.05, 3.63) is 24.2 Å². The molecule has 1 unspecified atom stereocenters. The number of likely N-dealkylation sites (tertiary alicyclic amines) is 1. The number of carbonyl (C=O) groups is 2. The minimum absolute atomic E-state index is 0.0360. The van der Waals surface area contributed by atoms with E-state index in [2.05, 4.69) is 5.32 Å². The van der Waals surface area contributed by atoms with Gasteiger partial charge in [-0.1, -0.05) is 0 Å². The molecule has 0 radical (unpaired) electrons. The maximum Gasteiger partial charge on any atom is 0.287 e. The van der Waals surface area contributed by atoms with Crippen LogP contribution < -0.4 is 5.32 Å². The Morgan fingerprint density at radius 2 is 2.25 bits per heavy atom. The third-order valence-electron chi connectivity index (χ3n) is 2.63. The molecule has 16 heavy (non-hydrogen) atoms.